The molecule has 3 N–H and O–H groups in total. The molecule has 0 atom stereocenters. The molecular formula is C16H18N6O2. The zero-order valence-electron chi connectivity index (χ0n) is 13.5. The lowest BCUT2D eigenvalue weighted by Gasteiger charge is -2.05. The number of anilines is 2. The Morgan fingerprint density at radius 2 is 2.00 bits per heavy atom. The molecule has 2 aromatic heterocycles. The summed E-state index contributed by atoms with van der Waals surface area (Å²) in [7, 11) is 0. The maximum atomic E-state index is 12.3. The van der Waals surface area contributed by atoms with Crippen LogP contribution >= 0.6 is 0 Å². The first-order valence-electron chi connectivity index (χ1n) is 7.64. The molecule has 0 radical (unpaired) electrons. The molecule has 0 aliphatic rings. The van der Waals surface area contributed by atoms with E-state index in [0.717, 1.165) is 22.3 Å². The van der Waals surface area contributed by atoms with Gasteiger partial charge in [-0.15, -0.1) is 5.10 Å². The van der Waals surface area contributed by atoms with Gasteiger partial charge in [0, 0.05) is 23.0 Å². The highest BCUT2D eigenvalue weighted by molar-refractivity contribution is 6.02. The highest BCUT2D eigenvalue weighted by atomic mass is 16.2. The summed E-state index contributed by atoms with van der Waals surface area (Å²) in [5.41, 5.74) is 2.62. The van der Waals surface area contributed by atoms with Crippen LogP contribution in [-0.4, -0.2) is 31.8 Å². The Morgan fingerprint density at radius 3 is 2.79 bits per heavy atom. The lowest BCUT2D eigenvalue weighted by Crippen LogP contribution is -2.19. The summed E-state index contributed by atoms with van der Waals surface area (Å²) in [5.74, 6) is -0.0417. The van der Waals surface area contributed by atoms with Crippen molar-refractivity contribution in [2.75, 3.05) is 10.6 Å². The Hall–Kier alpha value is -3.16. The summed E-state index contributed by atoms with van der Waals surface area (Å²) in [6.07, 6.45) is 1.88. The van der Waals surface area contributed by atoms with Crippen molar-refractivity contribution in [3.63, 3.8) is 0 Å². The minimum absolute atomic E-state index is 0.00788. The van der Waals surface area contributed by atoms with Crippen LogP contribution in [0.5, 0.6) is 0 Å². The molecule has 3 rings (SSSR count). The first-order valence-corrected chi connectivity index (χ1v) is 7.64. The van der Waals surface area contributed by atoms with E-state index in [1.54, 1.807) is 6.92 Å². The van der Waals surface area contributed by atoms with Crippen LogP contribution in [-0.2, 0) is 16.1 Å². The smallest absolute Gasteiger partial charge is 0.246 e. The number of hydrogen-bond donors (Lipinski definition) is 3. The van der Waals surface area contributed by atoms with Crippen molar-refractivity contribution < 1.29 is 9.59 Å². The molecule has 3 aromatic rings. The van der Waals surface area contributed by atoms with Gasteiger partial charge >= 0.3 is 0 Å². The van der Waals surface area contributed by atoms with Crippen LogP contribution < -0.4 is 10.6 Å². The van der Waals surface area contributed by atoms with Crippen LogP contribution in [0, 0.1) is 6.92 Å². The molecule has 8 nitrogen and oxygen atoms in total. The molecule has 0 aliphatic carbocycles. The van der Waals surface area contributed by atoms with E-state index in [4.69, 9.17) is 0 Å². The number of nitrogens with one attached hydrogen (secondary N) is 3. The number of carbonyl (C=O) groups is 2. The molecule has 24 heavy (non-hydrogen) atoms. The van der Waals surface area contributed by atoms with Gasteiger partial charge < -0.3 is 15.6 Å². The zero-order valence-corrected chi connectivity index (χ0v) is 13.5. The third kappa shape index (κ3) is 3.27. The highest BCUT2D eigenvalue weighted by Crippen LogP contribution is 2.26. The fourth-order valence-corrected chi connectivity index (χ4v) is 2.43. The molecule has 8 heteroatoms. The summed E-state index contributed by atoms with van der Waals surface area (Å²) < 4.78 is 1.38. The molecule has 2 amide bonds. The number of hydrogen-bond acceptors (Lipinski definition) is 4. The Kier molecular flexibility index (Phi) is 4.28. The number of H-pyrrole nitrogens is 1. The number of benzene rings is 1. The van der Waals surface area contributed by atoms with Crippen LogP contribution in [0.1, 0.15) is 19.0 Å². The normalized spacial score (nSPS) is 10.8. The van der Waals surface area contributed by atoms with Crippen molar-refractivity contribution in [1.29, 1.82) is 0 Å². The van der Waals surface area contributed by atoms with Gasteiger partial charge in [-0.1, -0.05) is 30.3 Å². The third-order valence-corrected chi connectivity index (χ3v) is 3.59. The average molecular weight is 326 g/mol. The predicted molar refractivity (Wildman–Crippen MR) is 90.6 cm³/mol. The van der Waals surface area contributed by atoms with E-state index in [-0.39, 0.29) is 18.4 Å². The average Bonchev–Trinajstić information content (AvgIpc) is 3.12. The summed E-state index contributed by atoms with van der Waals surface area (Å²) in [6.45, 7) is 3.66. The molecule has 0 fully saturated rings. The minimum Gasteiger partial charge on any atom is -0.357 e. The fourth-order valence-electron chi connectivity index (χ4n) is 2.43. The van der Waals surface area contributed by atoms with Crippen LogP contribution in [0.2, 0.25) is 0 Å². The van der Waals surface area contributed by atoms with Crippen LogP contribution in [0.4, 0.5) is 11.5 Å². The molecule has 124 valence electrons. The molecule has 2 heterocycles. The standard InChI is InChI=1S/C16H18N6O2/c1-3-14(23)18-13-8-22(21-20-13)9-15(24)19-16-10(2)17-12-7-5-4-6-11(12)16/h4-8,17H,3,9H2,1-2H3,(H,18,23)(H,19,24). The van der Waals surface area contributed by atoms with E-state index in [1.165, 1.54) is 10.9 Å². The number of aryl methyl sites for hydroxylation is 1. The maximum absolute atomic E-state index is 12.3. The number of aromatic amines is 1. The van der Waals surface area contributed by atoms with Gasteiger partial charge in [0.25, 0.3) is 0 Å². The van der Waals surface area contributed by atoms with Gasteiger partial charge in [0.1, 0.15) is 6.54 Å². The van der Waals surface area contributed by atoms with E-state index in [2.05, 4.69) is 25.9 Å². The Morgan fingerprint density at radius 1 is 1.21 bits per heavy atom. The van der Waals surface area contributed by atoms with Gasteiger partial charge in [0.05, 0.1) is 11.9 Å². The van der Waals surface area contributed by atoms with Gasteiger partial charge in [-0.3, -0.25) is 9.59 Å². The lowest BCUT2D eigenvalue weighted by atomic mass is 10.2. The van der Waals surface area contributed by atoms with E-state index in [1.807, 2.05) is 31.2 Å². The van der Waals surface area contributed by atoms with Gasteiger partial charge in [0.2, 0.25) is 11.8 Å². The van der Waals surface area contributed by atoms with Gasteiger partial charge in [0.15, 0.2) is 5.82 Å². The van der Waals surface area contributed by atoms with Crippen molar-refractivity contribution >= 4 is 34.2 Å². The van der Waals surface area contributed by atoms with Gasteiger partial charge in [-0.25, -0.2) is 4.68 Å². The zero-order chi connectivity index (χ0) is 17.1. The second kappa shape index (κ2) is 6.53. The van der Waals surface area contributed by atoms with E-state index in [9.17, 15) is 9.59 Å². The molecule has 0 saturated carbocycles. The van der Waals surface area contributed by atoms with E-state index in [0.29, 0.717) is 12.2 Å². The van der Waals surface area contributed by atoms with E-state index < -0.39 is 0 Å². The fraction of sp³-hybridized carbons (Fsp3) is 0.250. The summed E-state index contributed by atoms with van der Waals surface area (Å²) in [4.78, 5) is 26.8. The Balaban J connectivity index is 1.69. The number of rotatable bonds is 5. The lowest BCUT2D eigenvalue weighted by molar-refractivity contribution is -0.117. The van der Waals surface area contributed by atoms with Gasteiger partial charge in [-0.2, -0.15) is 0 Å². The van der Waals surface area contributed by atoms with Crippen molar-refractivity contribution in [1.82, 2.24) is 20.0 Å². The second-order valence-electron chi connectivity index (χ2n) is 5.42. The molecule has 1 aromatic carbocycles. The molecule has 0 spiro atoms. The predicted octanol–water partition coefficient (Wildman–Crippen LogP) is 2.06. The first kappa shape index (κ1) is 15.7. The molecule has 0 bridgehead atoms. The second-order valence-corrected chi connectivity index (χ2v) is 5.42. The maximum Gasteiger partial charge on any atom is 0.246 e. The summed E-state index contributed by atoms with van der Waals surface area (Å²) in [5, 5.41) is 14.1. The van der Waals surface area contributed by atoms with Crippen molar-refractivity contribution in [2.45, 2.75) is 26.8 Å². The van der Waals surface area contributed by atoms with Crippen molar-refractivity contribution in [3.8, 4) is 0 Å². The third-order valence-electron chi connectivity index (χ3n) is 3.59. The topological polar surface area (TPSA) is 105 Å². The highest BCUT2D eigenvalue weighted by Gasteiger charge is 2.12. The number of aromatic nitrogens is 4. The minimum atomic E-state index is -0.221. The SMILES string of the molecule is CCC(=O)Nc1cn(CC(=O)Nc2c(C)[nH]c3ccccc23)nn1. The van der Waals surface area contributed by atoms with Crippen LogP contribution in [0.25, 0.3) is 10.9 Å². The Bertz CT molecular complexity index is 895. The number of para-hydroxylation sites is 1. The number of carbonyl (C=O) groups excluding carboxylic acids is 2. The molecule has 0 saturated heterocycles. The largest absolute Gasteiger partial charge is 0.357 e. The Labute approximate surface area is 138 Å². The first-order chi connectivity index (χ1) is 11.6. The van der Waals surface area contributed by atoms with Gasteiger partial charge in [-0.05, 0) is 13.0 Å². The quantitative estimate of drug-likeness (QED) is 0.667. The summed E-state index contributed by atoms with van der Waals surface area (Å²) >= 11 is 0. The number of fused-ring (bicyclic) bond motifs is 1. The van der Waals surface area contributed by atoms with E-state index >= 15 is 0 Å². The molecular weight excluding hydrogens is 308 g/mol. The number of amides is 2. The molecule has 0 unspecified atom stereocenters. The summed E-state index contributed by atoms with van der Waals surface area (Å²) in [6, 6.07) is 7.76. The monoisotopic (exact) mass is 326 g/mol. The van der Waals surface area contributed by atoms with Crippen molar-refractivity contribution in [2.24, 2.45) is 0 Å². The number of nitrogens with zero attached hydrogens (tertiary/aromatic N) is 3. The van der Waals surface area contributed by atoms with Crippen LogP contribution in [0.3, 0.4) is 0 Å². The molecule has 0 aliphatic heterocycles. The van der Waals surface area contributed by atoms with Crippen molar-refractivity contribution in [3.05, 3.63) is 36.2 Å². The van der Waals surface area contributed by atoms with Crippen LogP contribution in [0.15, 0.2) is 30.5 Å².